The summed E-state index contributed by atoms with van der Waals surface area (Å²) in [5.41, 5.74) is 0. The van der Waals surface area contributed by atoms with Crippen LogP contribution in [0, 0.1) is 0 Å². The number of carbonyl (C=O) groups excluding carboxylic acids is 1. The molecule has 0 aromatic heterocycles. The van der Waals surface area contributed by atoms with Gasteiger partial charge in [-0.3, -0.25) is 4.79 Å². The molecule has 1 rings (SSSR count). The predicted octanol–water partition coefficient (Wildman–Crippen LogP) is -2.42. The maximum absolute atomic E-state index is 10.9. The van der Waals surface area contributed by atoms with Gasteiger partial charge < -0.3 is 30.1 Å². The molecule has 0 saturated carbocycles. The van der Waals surface area contributed by atoms with Crippen molar-refractivity contribution in [3.05, 3.63) is 0 Å². The lowest BCUT2D eigenvalue weighted by atomic mass is 9.97. The molecule has 1 aliphatic heterocycles. The highest BCUT2D eigenvalue weighted by molar-refractivity contribution is 5.73. The van der Waals surface area contributed by atoms with Gasteiger partial charge in [-0.2, -0.15) is 0 Å². The van der Waals surface area contributed by atoms with Gasteiger partial charge in [0.05, 0.1) is 6.61 Å². The van der Waals surface area contributed by atoms with Crippen molar-refractivity contribution in [2.45, 2.75) is 37.6 Å². The fraction of sp³-hybridized carbons (Fsp3) is 0.889. The minimum absolute atomic E-state index is 0.371. The monoisotopic (exact) mass is 235 g/mol. The fourth-order valence-corrected chi connectivity index (χ4v) is 1.67. The summed E-state index contributed by atoms with van der Waals surface area (Å²) < 4.78 is 10.1. The Bertz CT molecular complexity index is 246. The zero-order valence-electron chi connectivity index (χ0n) is 9.16. The van der Waals surface area contributed by atoms with Crippen LogP contribution in [0.25, 0.3) is 0 Å². The van der Waals surface area contributed by atoms with E-state index in [2.05, 4.69) is 5.32 Å². The molecule has 0 radical (unpaired) electrons. The van der Waals surface area contributed by atoms with Gasteiger partial charge in [0.15, 0.2) is 6.29 Å². The molecule has 7 nitrogen and oxygen atoms in total. The van der Waals surface area contributed by atoms with Crippen molar-refractivity contribution in [2.24, 2.45) is 0 Å². The Morgan fingerprint density at radius 2 is 2.06 bits per heavy atom. The molecule has 0 spiro atoms. The third kappa shape index (κ3) is 2.69. The number of methoxy groups -OCH3 is 1. The summed E-state index contributed by atoms with van der Waals surface area (Å²) >= 11 is 0. The number of aliphatic hydroxyl groups is 3. The van der Waals surface area contributed by atoms with E-state index in [1.165, 1.54) is 14.0 Å². The van der Waals surface area contributed by atoms with Crippen LogP contribution in [0.3, 0.4) is 0 Å². The molecule has 7 heteroatoms. The molecule has 16 heavy (non-hydrogen) atoms. The lowest BCUT2D eigenvalue weighted by Crippen LogP contribution is -2.64. The van der Waals surface area contributed by atoms with Crippen molar-refractivity contribution < 1.29 is 29.6 Å². The van der Waals surface area contributed by atoms with Crippen molar-refractivity contribution in [3.8, 4) is 0 Å². The molecule has 4 N–H and O–H groups in total. The number of amides is 1. The highest BCUT2D eigenvalue weighted by Crippen LogP contribution is 2.21. The summed E-state index contributed by atoms with van der Waals surface area (Å²) in [6.07, 6.45) is -4.35. The molecule has 0 aromatic carbocycles. The molecule has 1 saturated heterocycles. The molecule has 5 atom stereocenters. The second-order valence-electron chi connectivity index (χ2n) is 3.67. The highest BCUT2D eigenvalue weighted by Gasteiger charge is 2.44. The Kier molecular flexibility index (Phi) is 4.63. The quantitative estimate of drug-likeness (QED) is 0.433. The number of hydrogen-bond acceptors (Lipinski definition) is 6. The van der Waals surface area contributed by atoms with Gasteiger partial charge in [0, 0.05) is 14.0 Å². The van der Waals surface area contributed by atoms with Gasteiger partial charge in [-0.05, 0) is 0 Å². The van der Waals surface area contributed by atoms with Crippen LogP contribution in [-0.2, 0) is 14.3 Å². The van der Waals surface area contributed by atoms with E-state index in [0.29, 0.717) is 0 Å². The first kappa shape index (κ1) is 13.3. The average Bonchev–Trinajstić information content (AvgIpc) is 2.25. The summed E-state index contributed by atoms with van der Waals surface area (Å²) in [5.74, 6) is -0.371. The molecule has 1 heterocycles. The molecule has 0 bridgehead atoms. The Labute approximate surface area is 93.0 Å². The largest absolute Gasteiger partial charge is 0.394 e. The molecule has 1 amide bonds. The van der Waals surface area contributed by atoms with Crippen molar-refractivity contribution in [3.63, 3.8) is 0 Å². The first-order valence-electron chi connectivity index (χ1n) is 4.93. The van der Waals surface area contributed by atoms with Gasteiger partial charge in [-0.25, -0.2) is 0 Å². The Morgan fingerprint density at radius 3 is 2.50 bits per heavy atom. The van der Waals surface area contributed by atoms with Crippen molar-refractivity contribution in [2.75, 3.05) is 13.7 Å². The van der Waals surface area contributed by atoms with Gasteiger partial charge in [0.25, 0.3) is 0 Å². The summed E-state index contributed by atoms with van der Waals surface area (Å²) in [6, 6.07) is -0.861. The summed E-state index contributed by atoms with van der Waals surface area (Å²) in [7, 11) is 1.35. The van der Waals surface area contributed by atoms with Crippen LogP contribution in [0.1, 0.15) is 6.92 Å². The number of nitrogens with one attached hydrogen (secondary N) is 1. The topological polar surface area (TPSA) is 108 Å². The van der Waals surface area contributed by atoms with Crippen molar-refractivity contribution >= 4 is 5.91 Å². The molecule has 1 fully saturated rings. The number of ether oxygens (including phenoxy) is 2. The zero-order valence-corrected chi connectivity index (χ0v) is 9.16. The smallest absolute Gasteiger partial charge is 0.217 e. The number of aliphatic hydroxyl groups excluding tert-OH is 3. The van der Waals surface area contributed by atoms with E-state index in [0.717, 1.165) is 0 Å². The predicted molar refractivity (Wildman–Crippen MR) is 52.4 cm³/mol. The van der Waals surface area contributed by atoms with Gasteiger partial charge in [-0.1, -0.05) is 0 Å². The van der Waals surface area contributed by atoms with E-state index >= 15 is 0 Å². The maximum Gasteiger partial charge on any atom is 0.217 e. The first-order chi connectivity index (χ1) is 7.51. The normalized spacial score (nSPS) is 39.4. The van der Waals surface area contributed by atoms with Gasteiger partial charge in [0.2, 0.25) is 5.91 Å². The maximum atomic E-state index is 10.9. The summed E-state index contributed by atoms with van der Waals surface area (Å²) in [6.45, 7) is 0.842. The third-order valence-corrected chi connectivity index (χ3v) is 2.48. The minimum Gasteiger partial charge on any atom is -0.394 e. The zero-order chi connectivity index (χ0) is 12.3. The molecular formula is C9H17NO6. The Balaban J connectivity index is 2.77. The molecule has 0 aliphatic carbocycles. The van der Waals surface area contributed by atoms with Crippen molar-refractivity contribution in [1.82, 2.24) is 5.32 Å². The second kappa shape index (κ2) is 5.55. The Morgan fingerprint density at radius 1 is 1.44 bits per heavy atom. The van der Waals surface area contributed by atoms with E-state index in [1.807, 2.05) is 0 Å². The number of carbonyl (C=O) groups is 1. The van der Waals surface area contributed by atoms with Gasteiger partial charge >= 0.3 is 0 Å². The highest BCUT2D eigenvalue weighted by atomic mass is 16.7. The molecular weight excluding hydrogens is 218 g/mol. The van der Waals surface area contributed by atoms with E-state index in [9.17, 15) is 15.0 Å². The van der Waals surface area contributed by atoms with Crippen LogP contribution < -0.4 is 5.32 Å². The van der Waals surface area contributed by atoms with Crippen LogP contribution in [0.5, 0.6) is 0 Å². The molecule has 94 valence electrons. The third-order valence-electron chi connectivity index (χ3n) is 2.48. The Hall–Kier alpha value is -0.730. The van der Waals surface area contributed by atoms with Crippen molar-refractivity contribution in [1.29, 1.82) is 0 Å². The minimum atomic E-state index is -1.27. The lowest BCUT2D eigenvalue weighted by molar-refractivity contribution is -0.262. The van der Waals surface area contributed by atoms with Crippen LogP contribution in [0.2, 0.25) is 0 Å². The van der Waals surface area contributed by atoms with Crippen LogP contribution in [0.4, 0.5) is 0 Å². The molecule has 0 aromatic rings. The van der Waals surface area contributed by atoms with E-state index < -0.39 is 37.3 Å². The average molecular weight is 235 g/mol. The fourth-order valence-electron chi connectivity index (χ4n) is 1.67. The summed E-state index contributed by atoms with van der Waals surface area (Å²) in [4.78, 5) is 10.9. The van der Waals surface area contributed by atoms with Crippen LogP contribution >= 0.6 is 0 Å². The van der Waals surface area contributed by atoms with E-state index in [1.54, 1.807) is 0 Å². The van der Waals surface area contributed by atoms with Crippen LogP contribution in [0.15, 0.2) is 0 Å². The van der Waals surface area contributed by atoms with E-state index in [-0.39, 0.29) is 5.91 Å². The number of hydrogen-bond donors (Lipinski definition) is 4. The van der Waals surface area contributed by atoms with Gasteiger partial charge in [-0.15, -0.1) is 0 Å². The second-order valence-corrected chi connectivity index (χ2v) is 3.67. The van der Waals surface area contributed by atoms with Crippen LogP contribution in [-0.4, -0.2) is 65.6 Å². The number of rotatable bonds is 3. The SMILES string of the molecule is CO[C@@H]1OC(CO)[C@@H](O)C(O)[C@@H]1NC(C)=O. The van der Waals surface area contributed by atoms with Gasteiger partial charge in [0.1, 0.15) is 24.4 Å². The molecule has 2 unspecified atom stereocenters. The summed E-state index contributed by atoms with van der Waals surface area (Å²) in [5, 5.41) is 30.7. The molecule has 1 aliphatic rings. The van der Waals surface area contributed by atoms with E-state index in [4.69, 9.17) is 14.6 Å². The standard InChI is InChI=1S/C9H17NO6/c1-4(12)10-6-8(14)7(13)5(3-11)16-9(6)15-2/h5-9,11,13-14H,3H2,1-2H3,(H,10,12)/t5?,6-,7+,8?,9+/m0/s1. The first-order valence-corrected chi connectivity index (χ1v) is 4.93. The lowest BCUT2D eigenvalue weighted by Gasteiger charge is -2.41.